The summed E-state index contributed by atoms with van der Waals surface area (Å²) in [5.74, 6) is 0.717. The summed E-state index contributed by atoms with van der Waals surface area (Å²) in [6.07, 6.45) is 6.59. The van der Waals surface area contributed by atoms with E-state index in [1.807, 2.05) is 42.5 Å². The minimum Gasteiger partial charge on any atom is -0.506 e. The highest BCUT2D eigenvalue weighted by molar-refractivity contribution is 5.96. The van der Waals surface area contributed by atoms with Gasteiger partial charge in [0.05, 0.1) is 28.4 Å². The predicted octanol–water partition coefficient (Wildman–Crippen LogP) is 4.33. The quantitative estimate of drug-likeness (QED) is 0.403. The van der Waals surface area contributed by atoms with E-state index in [-0.39, 0.29) is 5.75 Å². The highest BCUT2D eigenvalue weighted by Crippen LogP contribution is 2.31. The van der Waals surface area contributed by atoms with Crippen molar-refractivity contribution in [2.45, 2.75) is 0 Å². The van der Waals surface area contributed by atoms with Crippen molar-refractivity contribution in [1.29, 1.82) is 0 Å². The molecular weight excluding hydrogens is 390 g/mol. The molecule has 0 saturated carbocycles. The number of aromatic hydroxyl groups is 1. The van der Waals surface area contributed by atoms with Crippen LogP contribution in [0.3, 0.4) is 0 Å². The third-order valence-electron chi connectivity index (χ3n) is 5.16. The van der Waals surface area contributed by atoms with Crippen LogP contribution < -0.4 is 0 Å². The Kier molecular flexibility index (Phi) is 3.76. The first-order chi connectivity index (χ1) is 15.3. The second kappa shape index (κ2) is 6.74. The van der Waals surface area contributed by atoms with Gasteiger partial charge in [-0.25, -0.2) is 9.97 Å². The monoisotopic (exact) mass is 405 g/mol. The van der Waals surface area contributed by atoms with Crippen LogP contribution in [0.4, 0.5) is 0 Å². The Labute approximate surface area is 175 Å². The largest absolute Gasteiger partial charge is 0.506 e. The van der Waals surface area contributed by atoms with E-state index in [0.717, 1.165) is 33.2 Å². The van der Waals surface area contributed by atoms with Crippen LogP contribution >= 0.6 is 0 Å². The van der Waals surface area contributed by atoms with Crippen LogP contribution in [0.5, 0.6) is 5.75 Å². The maximum absolute atomic E-state index is 9.75. The third kappa shape index (κ3) is 2.89. The van der Waals surface area contributed by atoms with E-state index in [1.165, 1.54) is 6.20 Å². The molecule has 8 nitrogen and oxygen atoms in total. The molecule has 5 aromatic heterocycles. The number of H-pyrrole nitrogens is 2. The molecule has 31 heavy (non-hydrogen) atoms. The van der Waals surface area contributed by atoms with E-state index in [2.05, 4.69) is 25.1 Å². The minimum absolute atomic E-state index is 0.0905. The van der Waals surface area contributed by atoms with E-state index < -0.39 is 0 Å². The second-order valence-electron chi connectivity index (χ2n) is 7.12. The average Bonchev–Trinajstić information content (AvgIpc) is 3.43. The highest BCUT2D eigenvalue weighted by Gasteiger charge is 2.17. The van der Waals surface area contributed by atoms with Gasteiger partial charge in [0.2, 0.25) is 0 Å². The van der Waals surface area contributed by atoms with Gasteiger partial charge in [0.25, 0.3) is 0 Å². The lowest BCUT2D eigenvalue weighted by molar-refractivity contribution is 0.473. The first-order valence-electron chi connectivity index (χ1n) is 9.65. The van der Waals surface area contributed by atoms with Crippen molar-refractivity contribution in [2.24, 2.45) is 0 Å². The Balaban J connectivity index is 1.51. The topological polar surface area (TPSA) is 116 Å². The number of para-hydroxylation sites is 1. The minimum atomic E-state index is 0.0905. The summed E-state index contributed by atoms with van der Waals surface area (Å²) in [7, 11) is 0. The van der Waals surface area contributed by atoms with Crippen LogP contribution in [-0.2, 0) is 0 Å². The van der Waals surface area contributed by atoms with Gasteiger partial charge in [-0.1, -0.05) is 12.1 Å². The van der Waals surface area contributed by atoms with Crippen molar-refractivity contribution < 1.29 is 5.11 Å². The van der Waals surface area contributed by atoms with Gasteiger partial charge in [-0.2, -0.15) is 5.10 Å². The van der Waals surface area contributed by atoms with E-state index in [1.54, 1.807) is 24.7 Å². The Morgan fingerprint density at radius 1 is 0.774 bits per heavy atom. The normalized spacial score (nSPS) is 11.4. The van der Waals surface area contributed by atoms with Crippen LogP contribution in [0, 0.1) is 0 Å². The number of imidazole rings is 1. The molecule has 0 fully saturated rings. The number of benzene rings is 1. The Morgan fingerprint density at radius 2 is 1.68 bits per heavy atom. The first kappa shape index (κ1) is 17.3. The molecule has 0 aliphatic heterocycles. The fourth-order valence-electron chi connectivity index (χ4n) is 3.70. The zero-order valence-corrected chi connectivity index (χ0v) is 16.1. The highest BCUT2D eigenvalue weighted by atomic mass is 16.3. The molecule has 0 amide bonds. The van der Waals surface area contributed by atoms with Gasteiger partial charge in [0.1, 0.15) is 11.3 Å². The molecule has 0 aliphatic carbocycles. The van der Waals surface area contributed by atoms with Crippen LogP contribution in [0.25, 0.3) is 56.0 Å². The SMILES string of the molecule is Oc1cncc(-c2ccc3[nH]nc(-c4nc5c(-c6ccncc6)cccc5[nH]4)c3n2)c1. The number of rotatable bonds is 3. The fourth-order valence-corrected chi connectivity index (χ4v) is 3.70. The van der Waals surface area contributed by atoms with Gasteiger partial charge < -0.3 is 10.1 Å². The molecular formula is C23H15N7O. The molecule has 0 spiro atoms. The summed E-state index contributed by atoms with van der Waals surface area (Å²) in [4.78, 5) is 21.1. The van der Waals surface area contributed by atoms with E-state index in [9.17, 15) is 5.11 Å². The molecule has 8 heteroatoms. The van der Waals surface area contributed by atoms with Crippen LogP contribution in [-0.4, -0.2) is 40.2 Å². The molecule has 5 heterocycles. The molecule has 0 saturated heterocycles. The lowest BCUT2D eigenvalue weighted by Gasteiger charge is -2.01. The van der Waals surface area contributed by atoms with Crippen molar-refractivity contribution >= 4 is 22.1 Å². The smallest absolute Gasteiger partial charge is 0.161 e. The van der Waals surface area contributed by atoms with Gasteiger partial charge in [0, 0.05) is 29.7 Å². The predicted molar refractivity (Wildman–Crippen MR) is 117 cm³/mol. The Hall–Kier alpha value is -4.59. The van der Waals surface area contributed by atoms with Gasteiger partial charge in [-0.15, -0.1) is 0 Å². The van der Waals surface area contributed by atoms with Crippen molar-refractivity contribution in [1.82, 2.24) is 35.1 Å². The summed E-state index contributed by atoms with van der Waals surface area (Å²) in [5, 5.41) is 17.2. The lowest BCUT2D eigenvalue weighted by atomic mass is 10.1. The van der Waals surface area contributed by atoms with E-state index in [0.29, 0.717) is 22.7 Å². The molecule has 0 radical (unpaired) electrons. The standard InChI is InChI=1S/C23H15N7O/c31-15-10-14(11-25-12-15)17-4-5-19-21(26-17)22(30-29-19)23-27-18-3-1-2-16(20(18)28-23)13-6-8-24-9-7-13/h1-12,31H,(H,27,28)(H,29,30). The number of fused-ring (bicyclic) bond motifs is 2. The number of pyridine rings is 3. The summed E-state index contributed by atoms with van der Waals surface area (Å²) < 4.78 is 0. The maximum atomic E-state index is 9.75. The average molecular weight is 405 g/mol. The van der Waals surface area contributed by atoms with E-state index >= 15 is 0 Å². The molecule has 1 aromatic carbocycles. The van der Waals surface area contributed by atoms with Crippen LogP contribution in [0.1, 0.15) is 0 Å². The molecule has 6 rings (SSSR count). The van der Waals surface area contributed by atoms with Crippen molar-refractivity contribution in [3.8, 4) is 39.7 Å². The van der Waals surface area contributed by atoms with Gasteiger partial charge in [-0.3, -0.25) is 15.1 Å². The molecule has 0 aliphatic rings. The number of aromatic amines is 2. The third-order valence-corrected chi connectivity index (χ3v) is 5.16. The molecule has 0 bridgehead atoms. The van der Waals surface area contributed by atoms with Crippen LogP contribution in [0.15, 0.2) is 73.3 Å². The molecule has 148 valence electrons. The number of nitrogens with zero attached hydrogens (tertiary/aromatic N) is 5. The zero-order valence-electron chi connectivity index (χ0n) is 16.1. The summed E-state index contributed by atoms with van der Waals surface area (Å²) in [6.45, 7) is 0. The molecule has 0 atom stereocenters. The maximum Gasteiger partial charge on any atom is 0.161 e. The Bertz CT molecular complexity index is 1550. The van der Waals surface area contributed by atoms with Crippen molar-refractivity contribution in [3.63, 3.8) is 0 Å². The summed E-state index contributed by atoms with van der Waals surface area (Å²) >= 11 is 0. The van der Waals surface area contributed by atoms with Gasteiger partial charge >= 0.3 is 0 Å². The van der Waals surface area contributed by atoms with E-state index in [4.69, 9.17) is 9.97 Å². The first-order valence-corrected chi connectivity index (χ1v) is 9.65. The molecule has 3 N–H and O–H groups in total. The number of nitrogens with one attached hydrogen (secondary N) is 2. The summed E-state index contributed by atoms with van der Waals surface area (Å²) in [6, 6.07) is 15.3. The van der Waals surface area contributed by atoms with Crippen LogP contribution in [0.2, 0.25) is 0 Å². The number of hydrogen-bond donors (Lipinski definition) is 3. The van der Waals surface area contributed by atoms with Crippen molar-refractivity contribution in [2.75, 3.05) is 0 Å². The molecule has 6 aromatic rings. The molecule has 0 unspecified atom stereocenters. The van der Waals surface area contributed by atoms with Gasteiger partial charge in [0.15, 0.2) is 11.5 Å². The van der Waals surface area contributed by atoms with Gasteiger partial charge in [-0.05, 0) is 42.0 Å². The fraction of sp³-hybridized carbons (Fsp3) is 0. The lowest BCUT2D eigenvalue weighted by Crippen LogP contribution is -1.87. The summed E-state index contributed by atoms with van der Waals surface area (Å²) in [5.41, 5.74) is 7.34. The number of aromatic nitrogens is 7. The van der Waals surface area contributed by atoms with Crippen molar-refractivity contribution in [3.05, 3.63) is 73.3 Å². The second-order valence-corrected chi connectivity index (χ2v) is 7.12. The Morgan fingerprint density at radius 3 is 2.55 bits per heavy atom. The zero-order chi connectivity index (χ0) is 20.8. The number of hydrogen-bond acceptors (Lipinski definition) is 6.